The van der Waals surface area contributed by atoms with Gasteiger partial charge in [-0.2, -0.15) is 0 Å². The molecule has 0 fully saturated rings. The van der Waals surface area contributed by atoms with E-state index in [4.69, 9.17) is 4.74 Å². The van der Waals surface area contributed by atoms with Crippen molar-refractivity contribution >= 4 is 17.5 Å². The van der Waals surface area contributed by atoms with Crippen LogP contribution >= 0.6 is 0 Å². The molecule has 0 atom stereocenters. The van der Waals surface area contributed by atoms with E-state index >= 15 is 0 Å². The zero-order valence-corrected chi connectivity index (χ0v) is 15.1. The first-order chi connectivity index (χ1) is 12.4. The summed E-state index contributed by atoms with van der Waals surface area (Å²) in [4.78, 5) is 25.8. The molecule has 26 heavy (non-hydrogen) atoms. The van der Waals surface area contributed by atoms with Crippen LogP contribution < -0.4 is 15.4 Å². The van der Waals surface area contributed by atoms with Crippen LogP contribution in [-0.2, 0) is 11.3 Å². The van der Waals surface area contributed by atoms with Crippen molar-refractivity contribution in [3.63, 3.8) is 0 Å². The number of phenolic OH excluding ortho intramolecular Hbond substituents is 1. The number of rotatable bonds is 7. The summed E-state index contributed by atoms with van der Waals surface area (Å²) in [6.07, 6.45) is 0. The molecule has 0 unspecified atom stereocenters. The molecular formula is C19H23N3O4. The van der Waals surface area contributed by atoms with Gasteiger partial charge in [0.2, 0.25) is 5.91 Å². The fourth-order valence-corrected chi connectivity index (χ4v) is 2.35. The summed E-state index contributed by atoms with van der Waals surface area (Å²) < 4.78 is 5.00. The van der Waals surface area contributed by atoms with E-state index in [0.29, 0.717) is 11.4 Å². The van der Waals surface area contributed by atoms with Crippen molar-refractivity contribution in [2.45, 2.75) is 6.54 Å². The second-order valence-electron chi connectivity index (χ2n) is 6.05. The van der Waals surface area contributed by atoms with Crippen LogP contribution in [0.5, 0.6) is 11.5 Å². The molecule has 2 aromatic rings. The van der Waals surface area contributed by atoms with Gasteiger partial charge in [0.1, 0.15) is 11.5 Å². The highest BCUT2D eigenvalue weighted by molar-refractivity contribution is 5.97. The topological polar surface area (TPSA) is 90.9 Å². The Morgan fingerprint density at radius 3 is 2.58 bits per heavy atom. The van der Waals surface area contributed by atoms with Gasteiger partial charge in [-0.1, -0.05) is 12.1 Å². The summed E-state index contributed by atoms with van der Waals surface area (Å²) in [6, 6.07) is 11.7. The largest absolute Gasteiger partial charge is 0.507 e. The average molecular weight is 357 g/mol. The first-order valence-electron chi connectivity index (χ1n) is 8.07. The number of benzene rings is 2. The van der Waals surface area contributed by atoms with Crippen LogP contribution in [0, 0.1) is 0 Å². The Balaban J connectivity index is 1.98. The maximum Gasteiger partial charge on any atom is 0.255 e. The number of hydrogen-bond acceptors (Lipinski definition) is 5. The van der Waals surface area contributed by atoms with E-state index in [9.17, 15) is 14.7 Å². The lowest BCUT2D eigenvalue weighted by molar-refractivity contribution is -0.116. The molecule has 7 heteroatoms. The number of ether oxygens (including phenoxy) is 1. The summed E-state index contributed by atoms with van der Waals surface area (Å²) in [7, 11) is 5.12. The quantitative estimate of drug-likeness (QED) is 0.703. The number of nitrogens with one attached hydrogen (secondary N) is 2. The molecule has 0 aliphatic heterocycles. The van der Waals surface area contributed by atoms with Crippen LogP contribution in [0.3, 0.4) is 0 Å². The first-order valence-corrected chi connectivity index (χ1v) is 8.07. The van der Waals surface area contributed by atoms with Crippen molar-refractivity contribution in [2.24, 2.45) is 0 Å². The Morgan fingerprint density at radius 1 is 1.15 bits per heavy atom. The molecule has 0 bridgehead atoms. The molecule has 7 nitrogen and oxygen atoms in total. The van der Waals surface area contributed by atoms with Gasteiger partial charge in [-0.05, 0) is 43.9 Å². The lowest BCUT2D eigenvalue weighted by Crippen LogP contribution is -2.27. The molecule has 0 aliphatic rings. The monoisotopic (exact) mass is 357 g/mol. The summed E-state index contributed by atoms with van der Waals surface area (Å²) in [5.74, 6) is -0.182. The zero-order chi connectivity index (χ0) is 19.1. The minimum atomic E-state index is -0.396. The summed E-state index contributed by atoms with van der Waals surface area (Å²) in [5, 5.41) is 15.5. The molecule has 0 spiro atoms. The Bertz CT molecular complexity index is 790. The van der Waals surface area contributed by atoms with Gasteiger partial charge < -0.3 is 25.4 Å². The molecule has 3 N–H and O–H groups in total. The summed E-state index contributed by atoms with van der Waals surface area (Å²) in [6.45, 7) is 0.555. The molecule has 2 rings (SSSR count). The van der Waals surface area contributed by atoms with Crippen LogP contribution in [0.15, 0.2) is 42.5 Å². The minimum absolute atomic E-state index is 0.112. The van der Waals surface area contributed by atoms with Crippen molar-refractivity contribution in [3.05, 3.63) is 53.6 Å². The fourth-order valence-electron chi connectivity index (χ4n) is 2.35. The molecule has 0 aliphatic carbocycles. The Hall–Kier alpha value is -3.06. The number of anilines is 1. The number of methoxy groups -OCH3 is 1. The Labute approximate surface area is 152 Å². The van der Waals surface area contributed by atoms with Gasteiger partial charge >= 0.3 is 0 Å². The molecule has 2 amide bonds. The van der Waals surface area contributed by atoms with Gasteiger partial charge in [-0.3, -0.25) is 9.59 Å². The molecule has 138 valence electrons. The van der Waals surface area contributed by atoms with Gasteiger partial charge in [0.15, 0.2) is 0 Å². The third-order valence-corrected chi connectivity index (χ3v) is 3.57. The summed E-state index contributed by atoms with van der Waals surface area (Å²) >= 11 is 0. The fraction of sp³-hybridized carbons (Fsp3) is 0.263. The molecular weight excluding hydrogens is 334 g/mol. The van der Waals surface area contributed by atoms with Crippen LogP contribution in [0.1, 0.15) is 15.9 Å². The lowest BCUT2D eigenvalue weighted by Gasteiger charge is -2.12. The third kappa shape index (κ3) is 5.49. The number of phenols is 1. The Morgan fingerprint density at radius 2 is 1.92 bits per heavy atom. The lowest BCUT2D eigenvalue weighted by atomic mass is 10.1. The van der Waals surface area contributed by atoms with E-state index in [2.05, 4.69) is 10.6 Å². The predicted molar refractivity (Wildman–Crippen MR) is 99.5 cm³/mol. The van der Waals surface area contributed by atoms with Crippen molar-refractivity contribution in [3.8, 4) is 11.5 Å². The highest BCUT2D eigenvalue weighted by Crippen LogP contribution is 2.23. The number of nitrogens with zero attached hydrogens (tertiary/aromatic N) is 1. The first kappa shape index (κ1) is 19.3. The van der Waals surface area contributed by atoms with Gasteiger partial charge in [0.25, 0.3) is 5.91 Å². The minimum Gasteiger partial charge on any atom is -0.507 e. The maximum atomic E-state index is 12.2. The van der Waals surface area contributed by atoms with Crippen LogP contribution in [0.25, 0.3) is 0 Å². The molecule has 0 aromatic heterocycles. The van der Waals surface area contributed by atoms with Gasteiger partial charge in [-0.15, -0.1) is 0 Å². The van der Waals surface area contributed by atoms with Crippen LogP contribution in [-0.4, -0.2) is 49.6 Å². The van der Waals surface area contributed by atoms with Gasteiger partial charge in [-0.25, -0.2) is 0 Å². The van der Waals surface area contributed by atoms with E-state index in [1.54, 1.807) is 29.2 Å². The van der Waals surface area contributed by atoms with E-state index in [1.165, 1.54) is 19.2 Å². The number of likely N-dealkylation sites (N-methyl/N-ethyl adjacent to an activating group) is 1. The van der Waals surface area contributed by atoms with Crippen molar-refractivity contribution in [1.82, 2.24) is 10.2 Å². The SMILES string of the molecule is COc1ccc(C(=O)NCc2cccc(NC(=O)CN(C)C)c2)c(O)c1. The van der Waals surface area contributed by atoms with E-state index in [1.807, 2.05) is 20.2 Å². The van der Waals surface area contributed by atoms with Crippen molar-refractivity contribution < 1.29 is 19.4 Å². The molecule has 2 aromatic carbocycles. The summed E-state index contributed by atoms with van der Waals surface area (Å²) in [5.41, 5.74) is 1.66. The standard InChI is InChI=1S/C19H23N3O4/c1-22(2)12-18(24)21-14-6-4-5-13(9-14)11-20-19(25)16-8-7-15(26-3)10-17(16)23/h4-10,23H,11-12H2,1-3H3,(H,20,25)(H,21,24). The molecule has 0 radical (unpaired) electrons. The second kappa shape index (κ2) is 8.87. The molecule has 0 saturated carbocycles. The molecule has 0 heterocycles. The van der Waals surface area contributed by atoms with E-state index < -0.39 is 5.91 Å². The van der Waals surface area contributed by atoms with Crippen LogP contribution in [0.4, 0.5) is 5.69 Å². The number of amides is 2. The van der Waals surface area contributed by atoms with E-state index in [-0.39, 0.29) is 30.3 Å². The number of carbonyl (C=O) groups is 2. The number of hydrogen-bond donors (Lipinski definition) is 3. The third-order valence-electron chi connectivity index (χ3n) is 3.57. The van der Waals surface area contributed by atoms with Gasteiger partial charge in [0, 0.05) is 18.3 Å². The van der Waals surface area contributed by atoms with E-state index in [0.717, 1.165) is 5.56 Å². The highest BCUT2D eigenvalue weighted by Gasteiger charge is 2.12. The molecule has 0 saturated heterocycles. The number of carbonyl (C=O) groups excluding carboxylic acids is 2. The smallest absolute Gasteiger partial charge is 0.255 e. The van der Waals surface area contributed by atoms with Crippen molar-refractivity contribution in [1.29, 1.82) is 0 Å². The zero-order valence-electron chi connectivity index (χ0n) is 15.1. The normalized spacial score (nSPS) is 10.5. The second-order valence-corrected chi connectivity index (χ2v) is 6.05. The van der Waals surface area contributed by atoms with Crippen LogP contribution in [0.2, 0.25) is 0 Å². The van der Waals surface area contributed by atoms with Crippen molar-refractivity contribution in [2.75, 3.05) is 33.1 Å². The average Bonchev–Trinajstić information content (AvgIpc) is 2.59. The number of aromatic hydroxyl groups is 1. The Kier molecular flexibility index (Phi) is 6.57. The predicted octanol–water partition coefficient (Wildman–Crippen LogP) is 1.83. The maximum absolute atomic E-state index is 12.2. The highest BCUT2D eigenvalue weighted by atomic mass is 16.5. The van der Waals surface area contributed by atoms with Gasteiger partial charge in [0.05, 0.1) is 19.2 Å².